The fraction of sp³-hybridized carbons (Fsp3) is 0. The Morgan fingerprint density at radius 2 is 1.62 bits per heavy atom. The molecular formula is C23H18N2O3S. The zero-order chi connectivity index (χ0) is 20.7. The number of carbonyl (C=O) groups excluding carboxylic acids is 1. The first kappa shape index (κ1) is 19.9. The molecule has 0 aliphatic carbocycles. The van der Waals surface area contributed by atoms with Crippen LogP contribution in [-0.4, -0.2) is 14.3 Å². The summed E-state index contributed by atoms with van der Waals surface area (Å²) in [6.45, 7) is 0. The molecule has 2 N–H and O–H groups in total. The number of rotatable bonds is 6. The van der Waals surface area contributed by atoms with E-state index < -0.39 is 10.0 Å². The maximum Gasteiger partial charge on any atom is 0.255 e. The molecule has 0 unspecified atom stereocenters. The van der Waals surface area contributed by atoms with Crippen LogP contribution >= 0.6 is 0 Å². The van der Waals surface area contributed by atoms with Gasteiger partial charge in [-0.3, -0.25) is 9.52 Å². The lowest BCUT2D eigenvalue weighted by Gasteiger charge is -2.08. The number of amides is 1. The third-order valence-electron chi connectivity index (χ3n) is 3.93. The molecule has 0 aliphatic rings. The average molecular weight is 402 g/mol. The van der Waals surface area contributed by atoms with Crippen LogP contribution in [-0.2, 0) is 10.0 Å². The molecule has 0 bridgehead atoms. The van der Waals surface area contributed by atoms with Crippen LogP contribution in [0.2, 0.25) is 0 Å². The van der Waals surface area contributed by atoms with Gasteiger partial charge in [0, 0.05) is 22.5 Å². The van der Waals surface area contributed by atoms with Crippen molar-refractivity contribution in [3.05, 3.63) is 101 Å². The largest absolute Gasteiger partial charge is 0.322 e. The summed E-state index contributed by atoms with van der Waals surface area (Å²) in [4.78, 5) is 12.4. The minimum atomic E-state index is -3.67. The summed E-state index contributed by atoms with van der Waals surface area (Å²) in [5.41, 5.74) is 2.77. The molecule has 0 spiro atoms. The van der Waals surface area contributed by atoms with Gasteiger partial charge < -0.3 is 5.32 Å². The Bertz CT molecular complexity index is 1180. The first-order valence-corrected chi connectivity index (χ1v) is 10.2. The van der Waals surface area contributed by atoms with E-state index in [2.05, 4.69) is 16.0 Å². The molecule has 3 rings (SSSR count). The second kappa shape index (κ2) is 8.91. The lowest BCUT2D eigenvalue weighted by molar-refractivity contribution is 0.102. The molecule has 0 radical (unpaired) electrons. The predicted octanol–water partition coefficient (Wildman–Crippen LogP) is 4.33. The van der Waals surface area contributed by atoms with Crippen LogP contribution in [0.3, 0.4) is 0 Å². The van der Waals surface area contributed by atoms with Gasteiger partial charge in [0.15, 0.2) is 0 Å². The second-order valence-electron chi connectivity index (χ2n) is 6.12. The van der Waals surface area contributed by atoms with E-state index in [4.69, 9.17) is 6.42 Å². The molecule has 0 aliphatic heterocycles. The van der Waals surface area contributed by atoms with Gasteiger partial charge in [0.25, 0.3) is 15.9 Å². The molecule has 0 fully saturated rings. The van der Waals surface area contributed by atoms with Gasteiger partial charge in [-0.1, -0.05) is 42.3 Å². The lowest BCUT2D eigenvalue weighted by Crippen LogP contribution is -2.12. The van der Waals surface area contributed by atoms with Crippen molar-refractivity contribution in [1.82, 2.24) is 0 Å². The van der Waals surface area contributed by atoms with Gasteiger partial charge in [0.1, 0.15) is 0 Å². The highest BCUT2D eigenvalue weighted by Gasteiger charge is 2.09. The molecule has 0 saturated heterocycles. The van der Waals surface area contributed by atoms with Crippen molar-refractivity contribution in [3.63, 3.8) is 0 Å². The first-order chi connectivity index (χ1) is 13.9. The van der Waals surface area contributed by atoms with Gasteiger partial charge in [-0.15, -0.1) is 6.42 Å². The summed E-state index contributed by atoms with van der Waals surface area (Å²) in [6.07, 6.45) is 6.87. The number of benzene rings is 3. The van der Waals surface area contributed by atoms with Crippen molar-refractivity contribution in [1.29, 1.82) is 0 Å². The molecule has 0 heterocycles. The van der Waals surface area contributed by atoms with Gasteiger partial charge >= 0.3 is 0 Å². The first-order valence-electron chi connectivity index (χ1n) is 8.69. The van der Waals surface area contributed by atoms with E-state index >= 15 is 0 Å². The maximum absolute atomic E-state index is 12.4. The average Bonchev–Trinajstić information content (AvgIpc) is 2.73. The molecule has 29 heavy (non-hydrogen) atoms. The van der Waals surface area contributed by atoms with Crippen molar-refractivity contribution in [2.24, 2.45) is 0 Å². The topological polar surface area (TPSA) is 75.3 Å². The van der Waals surface area contributed by atoms with Gasteiger partial charge in [0.05, 0.1) is 5.41 Å². The molecule has 0 saturated carbocycles. The Morgan fingerprint density at radius 3 is 2.31 bits per heavy atom. The highest BCUT2D eigenvalue weighted by atomic mass is 32.2. The Kier molecular flexibility index (Phi) is 6.12. The van der Waals surface area contributed by atoms with Crippen molar-refractivity contribution in [2.45, 2.75) is 0 Å². The van der Waals surface area contributed by atoms with E-state index in [9.17, 15) is 13.2 Å². The van der Waals surface area contributed by atoms with Gasteiger partial charge in [-0.05, 0) is 54.1 Å². The lowest BCUT2D eigenvalue weighted by atomic mass is 10.1. The predicted molar refractivity (Wildman–Crippen MR) is 117 cm³/mol. The second-order valence-corrected chi connectivity index (χ2v) is 7.68. The zero-order valence-corrected chi connectivity index (χ0v) is 16.2. The minimum Gasteiger partial charge on any atom is -0.322 e. The van der Waals surface area contributed by atoms with Crippen LogP contribution in [0.1, 0.15) is 21.5 Å². The molecular weight excluding hydrogens is 384 g/mol. The summed E-state index contributed by atoms with van der Waals surface area (Å²) in [5.74, 6) is 2.19. The summed E-state index contributed by atoms with van der Waals surface area (Å²) < 4.78 is 26.9. The Labute approximate surface area is 170 Å². The molecule has 0 atom stereocenters. The van der Waals surface area contributed by atoms with Gasteiger partial charge in [-0.2, -0.15) is 0 Å². The Morgan fingerprint density at radius 1 is 0.897 bits per heavy atom. The van der Waals surface area contributed by atoms with E-state index in [1.165, 1.54) is 18.2 Å². The van der Waals surface area contributed by atoms with Crippen molar-refractivity contribution in [3.8, 4) is 12.3 Å². The summed E-state index contributed by atoms with van der Waals surface area (Å²) in [6, 6.07) is 22.2. The van der Waals surface area contributed by atoms with Crippen LogP contribution in [0.15, 0.2) is 84.3 Å². The fourth-order valence-electron chi connectivity index (χ4n) is 2.51. The van der Waals surface area contributed by atoms with Crippen LogP contribution in [0.4, 0.5) is 11.4 Å². The SMILES string of the molecule is C#Cc1cccc(NC(=O)c2ccc(NS(=O)(=O)C=Cc3ccccc3)cc2)c1. The standard InChI is InChI=1S/C23H18N2O3S/c1-2-18-9-6-10-22(17-18)24-23(26)20-11-13-21(14-12-20)25-29(27,28)16-15-19-7-4-3-5-8-19/h1,3-17,25H,(H,24,26). The number of hydrogen-bond donors (Lipinski definition) is 2. The molecule has 1 amide bonds. The molecule has 144 valence electrons. The fourth-order valence-corrected chi connectivity index (χ4v) is 3.38. The smallest absolute Gasteiger partial charge is 0.255 e. The number of nitrogens with one attached hydrogen (secondary N) is 2. The van der Waals surface area contributed by atoms with Crippen LogP contribution in [0.5, 0.6) is 0 Å². The number of terminal acetylenes is 1. The quantitative estimate of drug-likeness (QED) is 0.603. The summed E-state index contributed by atoms with van der Waals surface area (Å²) >= 11 is 0. The van der Waals surface area contributed by atoms with Crippen molar-refractivity contribution < 1.29 is 13.2 Å². The molecule has 3 aromatic carbocycles. The molecule has 6 heteroatoms. The minimum absolute atomic E-state index is 0.322. The molecule has 5 nitrogen and oxygen atoms in total. The highest BCUT2D eigenvalue weighted by molar-refractivity contribution is 7.95. The van der Waals surface area contributed by atoms with E-state index in [0.29, 0.717) is 22.5 Å². The molecule has 3 aromatic rings. The normalized spacial score (nSPS) is 11.0. The van der Waals surface area contributed by atoms with E-state index in [1.54, 1.807) is 48.5 Å². The van der Waals surface area contributed by atoms with Crippen LogP contribution in [0.25, 0.3) is 6.08 Å². The highest BCUT2D eigenvalue weighted by Crippen LogP contribution is 2.15. The molecule has 0 aromatic heterocycles. The van der Waals surface area contributed by atoms with E-state index in [0.717, 1.165) is 11.0 Å². The number of carbonyl (C=O) groups is 1. The van der Waals surface area contributed by atoms with Crippen LogP contribution < -0.4 is 10.0 Å². The zero-order valence-electron chi connectivity index (χ0n) is 15.4. The van der Waals surface area contributed by atoms with Crippen molar-refractivity contribution in [2.75, 3.05) is 10.0 Å². The third kappa shape index (κ3) is 5.83. The maximum atomic E-state index is 12.4. The Balaban J connectivity index is 1.65. The third-order valence-corrected chi connectivity index (χ3v) is 4.95. The monoisotopic (exact) mass is 402 g/mol. The summed E-state index contributed by atoms with van der Waals surface area (Å²) in [5, 5.41) is 3.85. The van der Waals surface area contributed by atoms with E-state index in [-0.39, 0.29) is 5.91 Å². The summed E-state index contributed by atoms with van der Waals surface area (Å²) in [7, 11) is -3.67. The van der Waals surface area contributed by atoms with E-state index in [1.807, 2.05) is 18.2 Å². The van der Waals surface area contributed by atoms with Crippen LogP contribution in [0, 0.1) is 12.3 Å². The number of hydrogen-bond acceptors (Lipinski definition) is 3. The number of sulfonamides is 1. The number of anilines is 2. The van der Waals surface area contributed by atoms with Gasteiger partial charge in [0.2, 0.25) is 0 Å². The Hall–Kier alpha value is -3.82. The van der Waals surface area contributed by atoms with Crippen molar-refractivity contribution >= 4 is 33.4 Å². The van der Waals surface area contributed by atoms with Gasteiger partial charge in [-0.25, -0.2) is 8.42 Å².